The van der Waals surface area contributed by atoms with Gasteiger partial charge in [0.1, 0.15) is 18.0 Å². The zero-order valence-electron chi connectivity index (χ0n) is 19.6. The molecule has 1 fully saturated rings. The van der Waals surface area contributed by atoms with Gasteiger partial charge in [0.05, 0.1) is 34.8 Å². The fourth-order valence-corrected chi connectivity index (χ4v) is 5.79. The van der Waals surface area contributed by atoms with Crippen molar-refractivity contribution < 1.29 is 0 Å². The van der Waals surface area contributed by atoms with Crippen molar-refractivity contribution in [2.45, 2.75) is 18.4 Å². The predicted molar refractivity (Wildman–Crippen MR) is 139 cm³/mol. The molecule has 0 radical (unpaired) electrons. The van der Waals surface area contributed by atoms with Gasteiger partial charge in [0.25, 0.3) is 5.56 Å². The lowest BCUT2D eigenvalue weighted by molar-refractivity contribution is 0.522. The molecule has 4 N–H and O–H groups in total. The summed E-state index contributed by atoms with van der Waals surface area (Å²) in [7, 11) is 0. The molecule has 5 heterocycles. The molecular formula is C25H18ClN11O. The number of halogens is 1. The quantitative estimate of drug-likeness (QED) is 0.317. The van der Waals surface area contributed by atoms with Gasteiger partial charge in [-0.1, -0.05) is 17.7 Å². The van der Waals surface area contributed by atoms with E-state index in [1.165, 1.54) is 11.0 Å². The van der Waals surface area contributed by atoms with E-state index >= 15 is 0 Å². The molecule has 6 aromatic rings. The summed E-state index contributed by atoms with van der Waals surface area (Å²) in [6, 6.07) is 12.6. The van der Waals surface area contributed by atoms with Gasteiger partial charge in [-0.2, -0.15) is 9.78 Å². The Balaban J connectivity index is 1.20. The Bertz CT molecular complexity index is 1940. The molecule has 1 aliphatic carbocycles. The number of nitrogens with zero attached hydrogens (tertiary/aromatic N) is 8. The van der Waals surface area contributed by atoms with Gasteiger partial charge in [0.2, 0.25) is 0 Å². The number of imidazole rings is 1. The second-order valence-electron chi connectivity index (χ2n) is 9.63. The van der Waals surface area contributed by atoms with E-state index in [-0.39, 0.29) is 23.4 Å². The molecule has 0 spiro atoms. The third-order valence-electron chi connectivity index (χ3n) is 7.44. The molecule has 2 aromatic carbocycles. The lowest BCUT2D eigenvalue weighted by Gasteiger charge is -2.17. The minimum atomic E-state index is -0.157. The summed E-state index contributed by atoms with van der Waals surface area (Å²) in [4.78, 5) is 26.6. The Hall–Kier alpha value is -4.84. The molecule has 4 aromatic heterocycles. The monoisotopic (exact) mass is 523 g/mol. The summed E-state index contributed by atoms with van der Waals surface area (Å²) in [5.74, 6) is 2.44. The highest BCUT2D eigenvalue weighted by atomic mass is 35.5. The smallest absolute Gasteiger partial charge is 0.254 e. The van der Waals surface area contributed by atoms with Crippen molar-refractivity contribution in [3.63, 3.8) is 0 Å². The summed E-state index contributed by atoms with van der Waals surface area (Å²) in [6.45, 7) is 0. The van der Waals surface area contributed by atoms with Gasteiger partial charge in [-0.3, -0.25) is 14.5 Å². The summed E-state index contributed by atoms with van der Waals surface area (Å²) in [5, 5.41) is 19.8. The molecule has 186 valence electrons. The molecule has 0 bridgehead atoms. The second-order valence-corrected chi connectivity index (χ2v) is 10.1. The fourth-order valence-electron chi connectivity index (χ4n) is 5.62. The summed E-state index contributed by atoms with van der Waals surface area (Å²) in [6.07, 6.45) is 4.27. The van der Waals surface area contributed by atoms with Gasteiger partial charge in [0.15, 0.2) is 5.82 Å². The zero-order chi connectivity index (χ0) is 25.5. The minimum absolute atomic E-state index is 0.129. The first-order valence-electron chi connectivity index (χ1n) is 12.0. The number of benzene rings is 2. The summed E-state index contributed by atoms with van der Waals surface area (Å²) in [5.41, 5.74) is 10.3. The minimum Gasteiger partial charge on any atom is -0.382 e. The van der Waals surface area contributed by atoms with Gasteiger partial charge in [-0.05, 0) is 53.1 Å². The first kappa shape index (κ1) is 21.3. The number of aromatic nitrogens is 10. The molecule has 38 heavy (non-hydrogen) atoms. The Morgan fingerprint density at radius 3 is 2.92 bits per heavy atom. The van der Waals surface area contributed by atoms with Gasteiger partial charge < -0.3 is 10.7 Å². The van der Waals surface area contributed by atoms with E-state index in [1.807, 2.05) is 30.5 Å². The van der Waals surface area contributed by atoms with Crippen molar-refractivity contribution in [2.24, 2.45) is 5.92 Å². The van der Waals surface area contributed by atoms with E-state index in [2.05, 4.69) is 35.7 Å². The number of nitrogens with two attached hydrogens (primary N) is 1. The van der Waals surface area contributed by atoms with Crippen molar-refractivity contribution in [1.82, 2.24) is 49.9 Å². The van der Waals surface area contributed by atoms with E-state index < -0.39 is 0 Å². The Kier molecular flexibility index (Phi) is 4.24. The molecule has 8 rings (SSSR count). The third kappa shape index (κ3) is 3.07. The molecule has 0 saturated heterocycles. The number of anilines is 1. The summed E-state index contributed by atoms with van der Waals surface area (Å²) >= 11 is 6.32. The number of hydrogen-bond acceptors (Lipinski definition) is 8. The number of nitrogens with one attached hydrogen (secondary N) is 2. The van der Waals surface area contributed by atoms with Crippen molar-refractivity contribution in [1.29, 1.82) is 0 Å². The zero-order valence-corrected chi connectivity index (χ0v) is 20.3. The van der Waals surface area contributed by atoms with Crippen molar-refractivity contribution in [2.75, 3.05) is 5.73 Å². The maximum atomic E-state index is 13.5. The Morgan fingerprint density at radius 1 is 1.13 bits per heavy atom. The third-order valence-corrected chi connectivity index (χ3v) is 7.68. The van der Waals surface area contributed by atoms with Gasteiger partial charge in [-0.25, -0.2) is 9.97 Å². The van der Waals surface area contributed by atoms with Crippen molar-refractivity contribution in [3.05, 3.63) is 81.9 Å². The highest BCUT2D eigenvalue weighted by Crippen LogP contribution is 2.60. The van der Waals surface area contributed by atoms with Gasteiger partial charge >= 0.3 is 0 Å². The van der Waals surface area contributed by atoms with Crippen molar-refractivity contribution in [3.8, 4) is 28.3 Å². The molecule has 1 aliphatic heterocycles. The SMILES string of the molecule is Nc1n[nH]c2cc(-c3ncc(C4C5CC5c5nc(-c6cc(Cl)ccc6-n6cnnn6)cc(=O)n54)[nH]3)ccc12. The highest BCUT2D eigenvalue weighted by molar-refractivity contribution is 6.31. The van der Waals surface area contributed by atoms with Crippen LogP contribution in [0.2, 0.25) is 5.02 Å². The second kappa shape index (κ2) is 7.59. The maximum Gasteiger partial charge on any atom is 0.254 e. The number of tetrazole rings is 1. The maximum absolute atomic E-state index is 13.5. The van der Waals surface area contributed by atoms with Gasteiger partial charge in [-0.15, -0.1) is 5.10 Å². The Morgan fingerprint density at radius 2 is 2.05 bits per heavy atom. The largest absolute Gasteiger partial charge is 0.382 e. The van der Waals surface area contributed by atoms with Crippen LogP contribution in [0.5, 0.6) is 0 Å². The standard InChI is InChI=1S/C25H18ClN11O/c26-12-2-4-20(36-10-29-34-35-36)16(6-12)17-8-21(38)37-22(14-7-15(14)25(37)31-17)19-9-28-24(30-19)11-1-3-13-18(5-11)32-33-23(13)27/h1-6,8-10,14-15,22H,7H2,(H,28,30)(H3,27,32,33). The van der Waals surface area contributed by atoms with Crippen LogP contribution in [0.15, 0.2) is 59.8 Å². The topological polar surface area (TPSA) is 162 Å². The van der Waals surface area contributed by atoms with Crippen LogP contribution in [0.25, 0.3) is 39.2 Å². The molecule has 2 aliphatic rings. The highest BCUT2D eigenvalue weighted by Gasteiger charge is 2.55. The first-order chi connectivity index (χ1) is 18.5. The fraction of sp³-hybridized carbons (Fsp3) is 0.160. The Labute approximate surface area is 218 Å². The van der Waals surface area contributed by atoms with Crippen LogP contribution < -0.4 is 11.3 Å². The number of H-pyrrole nitrogens is 2. The van der Waals surface area contributed by atoms with Gasteiger partial charge in [0, 0.05) is 33.5 Å². The number of nitrogen functional groups attached to an aromatic ring is 1. The van der Waals surface area contributed by atoms with E-state index in [0.29, 0.717) is 33.6 Å². The lowest BCUT2D eigenvalue weighted by Crippen LogP contribution is -2.27. The lowest BCUT2D eigenvalue weighted by atomic mass is 10.1. The number of fused-ring (bicyclic) bond motifs is 4. The van der Waals surface area contributed by atoms with E-state index in [4.69, 9.17) is 22.3 Å². The molecule has 3 atom stereocenters. The van der Waals surface area contributed by atoms with E-state index in [1.54, 1.807) is 22.8 Å². The average molecular weight is 524 g/mol. The molecule has 3 unspecified atom stereocenters. The van der Waals surface area contributed by atoms with E-state index in [0.717, 1.165) is 34.4 Å². The molecule has 12 nitrogen and oxygen atoms in total. The van der Waals surface area contributed by atoms with Crippen LogP contribution in [-0.4, -0.2) is 49.9 Å². The normalized spacial score (nSPS) is 19.6. The molecule has 13 heteroatoms. The molecular weight excluding hydrogens is 506 g/mol. The number of rotatable bonds is 4. The van der Waals surface area contributed by atoms with Crippen LogP contribution in [-0.2, 0) is 0 Å². The van der Waals surface area contributed by atoms with Crippen molar-refractivity contribution >= 4 is 28.3 Å². The predicted octanol–water partition coefficient (Wildman–Crippen LogP) is 3.09. The van der Waals surface area contributed by atoms with Crippen LogP contribution >= 0.6 is 11.6 Å². The number of aromatic amines is 2. The molecule has 0 amide bonds. The molecule has 1 saturated carbocycles. The first-order valence-corrected chi connectivity index (χ1v) is 12.4. The average Bonchev–Trinajstić information content (AvgIpc) is 3.35. The van der Waals surface area contributed by atoms with Crippen LogP contribution in [0.4, 0.5) is 5.82 Å². The van der Waals surface area contributed by atoms with E-state index in [9.17, 15) is 4.79 Å². The van der Waals surface area contributed by atoms with Crippen LogP contribution in [0.3, 0.4) is 0 Å². The number of hydrogen-bond donors (Lipinski definition) is 3. The van der Waals surface area contributed by atoms with Crippen LogP contribution in [0, 0.1) is 5.92 Å². The van der Waals surface area contributed by atoms with Crippen LogP contribution in [0.1, 0.15) is 29.9 Å². The summed E-state index contributed by atoms with van der Waals surface area (Å²) < 4.78 is 3.32.